The number of thiophene rings is 1. The third kappa shape index (κ3) is 4.29. The SMILES string of the molecule is O=C(CSc1nc(-c2cccs2)nc2ccccc12)Nc1cc([N+](=O)[O-])ccc1F. The Bertz CT molecular complexity index is 1250. The molecule has 0 atom stereocenters. The van der Waals surface area contributed by atoms with Crippen LogP contribution in [0.5, 0.6) is 0 Å². The fourth-order valence-electron chi connectivity index (χ4n) is 2.72. The fraction of sp³-hybridized carbons (Fsp3) is 0.0500. The first kappa shape index (κ1) is 19.9. The number of carbonyl (C=O) groups is 1. The highest BCUT2D eigenvalue weighted by molar-refractivity contribution is 8.00. The second-order valence-electron chi connectivity index (χ2n) is 6.10. The van der Waals surface area contributed by atoms with Gasteiger partial charge >= 0.3 is 0 Å². The molecule has 1 N–H and O–H groups in total. The number of thioether (sulfide) groups is 1. The van der Waals surface area contributed by atoms with E-state index in [0.29, 0.717) is 10.9 Å². The second-order valence-corrected chi connectivity index (χ2v) is 8.02. The summed E-state index contributed by atoms with van der Waals surface area (Å²) in [5, 5.41) is 16.6. The zero-order chi connectivity index (χ0) is 21.1. The number of rotatable bonds is 6. The van der Waals surface area contributed by atoms with Crippen LogP contribution < -0.4 is 5.32 Å². The predicted molar refractivity (Wildman–Crippen MR) is 115 cm³/mol. The highest BCUT2D eigenvalue weighted by atomic mass is 32.2. The van der Waals surface area contributed by atoms with Gasteiger partial charge in [-0.3, -0.25) is 14.9 Å². The molecule has 0 spiro atoms. The number of benzene rings is 2. The largest absolute Gasteiger partial charge is 0.323 e. The van der Waals surface area contributed by atoms with Crippen LogP contribution in [0.25, 0.3) is 21.6 Å². The number of amides is 1. The minimum absolute atomic E-state index is 0.0486. The average molecular weight is 440 g/mol. The molecule has 0 radical (unpaired) electrons. The van der Waals surface area contributed by atoms with Gasteiger partial charge in [-0.25, -0.2) is 14.4 Å². The third-order valence-corrected chi connectivity index (χ3v) is 5.94. The van der Waals surface area contributed by atoms with Crippen molar-refractivity contribution in [3.63, 3.8) is 0 Å². The summed E-state index contributed by atoms with van der Waals surface area (Å²) in [6.07, 6.45) is 0. The van der Waals surface area contributed by atoms with E-state index in [-0.39, 0.29) is 17.1 Å². The summed E-state index contributed by atoms with van der Waals surface area (Å²) in [5.74, 6) is -0.727. The van der Waals surface area contributed by atoms with Gasteiger partial charge in [0, 0.05) is 17.5 Å². The molecule has 1 amide bonds. The van der Waals surface area contributed by atoms with Gasteiger partial charge in [-0.05, 0) is 23.6 Å². The smallest absolute Gasteiger partial charge is 0.271 e. The number of hydrogen-bond acceptors (Lipinski definition) is 7. The number of para-hydroxylation sites is 1. The fourth-order valence-corrected chi connectivity index (χ4v) is 4.19. The maximum Gasteiger partial charge on any atom is 0.271 e. The maximum absolute atomic E-state index is 13.9. The number of hydrogen-bond donors (Lipinski definition) is 1. The lowest BCUT2D eigenvalue weighted by Gasteiger charge is -2.09. The molecule has 0 fully saturated rings. The summed E-state index contributed by atoms with van der Waals surface area (Å²) in [5.41, 5.74) is 0.215. The Morgan fingerprint density at radius 1 is 1.17 bits per heavy atom. The Labute approximate surface area is 178 Å². The van der Waals surface area contributed by atoms with E-state index in [1.165, 1.54) is 23.1 Å². The molecule has 0 aliphatic heterocycles. The number of fused-ring (bicyclic) bond motifs is 1. The zero-order valence-electron chi connectivity index (χ0n) is 15.2. The van der Waals surface area contributed by atoms with E-state index in [1.54, 1.807) is 0 Å². The molecule has 10 heteroatoms. The van der Waals surface area contributed by atoms with Gasteiger partial charge in [0.1, 0.15) is 10.8 Å². The van der Waals surface area contributed by atoms with Crippen molar-refractivity contribution < 1.29 is 14.1 Å². The van der Waals surface area contributed by atoms with Crippen LogP contribution in [0.2, 0.25) is 0 Å². The molecule has 0 saturated heterocycles. The van der Waals surface area contributed by atoms with Crippen LogP contribution in [0.3, 0.4) is 0 Å². The predicted octanol–water partition coefficient (Wildman–Crippen LogP) is 5.14. The van der Waals surface area contributed by atoms with Gasteiger partial charge < -0.3 is 5.32 Å². The van der Waals surface area contributed by atoms with Gasteiger partial charge in [0.05, 0.1) is 26.8 Å². The van der Waals surface area contributed by atoms with Crippen LogP contribution in [-0.4, -0.2) is 26.6 Å². The molecule has 2 aromatic carbocycles. The first-order chi connectivity index (χ1) is 14.5. The Balaban J connectivity index is 1.56. The van der Waals surface area contributed by atoms with Crippen molar-refractivity contribution in [1.82, 2.24) is 9.97 Å². The summed E-state index contributed by atoms with van der Waals surface area (Å²) in [6.45, 7) is 0. The number of nitrogens with one attached hydrogen (secondary N) is 1. The maximum atomic E-state index is 13.9. The molecule has 4 aromatic rings. The molecule has 2 heterocycles. The Hall–Kier alpha value is -3.37. The summed E-state index contributed by atoms with van der Waals surface area (Å²) < 4.78 is 13.9. The number of nitrogens with zero attached hydrogens (tertiary/aromatic N) is 3. The number of aromatic nitrogens is 2. The van der Waals surface area contributed by atoms with Crippen molar-refractivity contribution in [2.75, 3.05) is 11.1 Å². The van der Waals surface area contributed by atoms with Gasteiger partial charge in [-0.15, -0.1) is 11.3 Å². The Morgan fingerprint density at radius 2 is 2.00 bits per heavy atom. The molecule has 0 saturated carbocycles. The lowest BCUT2D eigenvalue weighted by atomic mass is 10.2. The number of anilines is 1. The van der Waals surface area contributed by atoms with Crippen LogP contribution in [-0.2, 0) is 4.79 Å². The molecule has 4 rings (SSSR count). The van der Waals surface area contributed by atoms with Crippen molar-refractivity contribution in [3.05, 3.63) is 75.9 Å². The van der Waals surface area contributed by atoms with Crippen LogP contribution in [0, 0.1) is 15.9 Å². The molecular formula is C20H13FN4O3S2. The van der Waals surface area contributed by atoms with Crippen LogP contribution in [0.15, 0.2) is 65.0 Å². The molecule has 0 aliphatic rings. The van der Waals surface area contributed by atoms with Gasteiger partial charge in [-0.1, -0.05) is 36.0 Å². The first-order valence-corrected chi connectivity index (χ1v) is 10.5. The highest BCUT2D eigenvalue weighted by Gasteiger charge is 2.15. The zero-order valence-corrected chi connectivity index (χ0v) is 16.9. The van der Waals surface area contributed by atoms with Crippen LogP contribution in [0.1, 0.15) is 0 Å². The lowest BCUT2D eigenvalue weighted by Crippen LogP contribution is -2.15. The number of non-ortho nitro benzene ring substituents is 1. The molecule has 0 bridgehead atoms. The van der Waals surface area contributed by atoms with Crippen molar-refractivity contribution in [2.45, 2.75) is 5.03 Å². The van der Waals surface area contributed by atoms with Gasteiger partial charge in [0.25, 0.3) is 5.69 Å². The molecule has 7 nitrogen and oxygen atoms in total. The van der Waals surface area contributed by atoms with Gasteiger partial charge in [0.2, 0.25) is 5.91 Å². The topological polar surface area (TPSA) is 98.0 Å². The monoisotopic (exact) mass is 440 g/mol. The molecular weight excluding hydrogens is 427 g/mol. The van der Waals surface area contributed by atoms with E-state index in [1.807, 2.05) is 41.8 Å². The first-order valence-electron chi connectivity index (χ1n) is 8.68. The molecule has 0 unspecified atom stereocenters. The normalized spacial score (nSPS) is 10.8. The van der Waals surface area contributed by atoms with E-state index in [9.17, 15) is 19.3 Å². The Kier molecular flexibility index (Phi) is 5.68. The number of carbonyl (C=O) groups excluding carboxylic acids is 1. The van der Waals surface area contributed by atoms with Crippen molar-refractivity contribution in [2.24, 2.45) is 0 Å². The number of halogens is 1. The standard InChI is InChI=1S/C20H13FN4O3S2/c21-14-8-7-12(25(27)28)10-16(14)22-18(26)11-30-20-13-4-1-2-5-15(13)23-19(24-20)17-6-3-9-29-17/h1-10H,11H2,(H,22,26). The van der Waals surface area contributed by atoms with Crippen molar-refractivity contribution in [1.29, 1.82) is 0 Å². The quantitative estimate of drug-likeness (QED) is 0.193. The number of nitro groups is 1. The average Bonchev–Trinajstić information content (AvgIpc) is 3.28. The van der Waals surface area contributed by atoms with Crippen LogP contribution >= 0.6 is 23.1 Å². The molecule has 0 aliphatic carbocycles. The highest BCUT2D eigenvalue weighted by Crippen LogP contribution is 2.30. The van der Waals surface area contributed by atoms with Crippen molar-refractivity contribution >= 4 is 51.3 Å². The summed E-state index contributed by atoms with van der Waals surface area (Å²) in [4.78, 5) is 32.7. The summed E-state index contributed by atoms with van der Waals surface area (Å²) in [7, 11) is 0. The van der Waals surface area contributed by atoms with E-state index < -0.39 is 16.6 Å². The summed E-state index contributed by atoms with van der Waals surface area (Å²) in [6, 6.07) is 14.3. The minimum Gasteiger partial charge on any atom is -0.323 e. The van der Waals surface area contributed by atoms with E-state index in [2.05, 4.69) is 15.3 Å². The van der Waals surface area contributed by atoms with E-state index in [0.717, 1.165) is 34.0 Å². The minimum atomic E-state index is -0.744. The van der Waals surface area contributed by atoms with E-state index in [4.69, 9.17) is 0 Å². The molecule has 2 aromatic heterocycles. The molecule has 150 valence electrons. The summed E-state index contributed by atoms with van der Waals surface area (Å²) >= 11 is 2.70. The van der Waals surface area contributed by atoms with Crippen LogP contribution in [0.4, 0.5) is 15.8 Å². The van der Waals surface area contributed by atoms with Gasteiger partial charge in [-0.2, -0.15) is 0 Å². The second kappa shape index (κ2) is 8.56. The van der Waals surface area contributed by atoms with Gasteiger partial charge in [0.15, 0.2) is 5.82 Å². The lowest BCUT2D eigenvalue weighted by molar-refractivity contribution is -0.384. The van der Waals surface area contributed by atoms with E-state index >= 15 is 0 Å². The van der Waals surface area contributed by atoms with Crippen molar-refractivity contribution in [3.8, 4) is 10.7 Å². The number of nitro benzene ring substituents is 1. The third-order valence-electron chi connectivity index (χ3n) is 4.08. The Morgan fingerprint density at radius 3 is 2.77 bits per heavy atom. The molecule has 30 heavy (non-hydrogen) atoms.